The van der Waals surface area contributed by atoms with Crippen LogP contribution < -0.4 is 4.74 Å². The van der Waals surface area contributed by atoms with E-state index in [-0.39, 0.29) is 6.61 Å². The number of esters is 1. The number of benzene rings is 1. The summed E-state index contributed by atoms with van der Waals surface area (Å²) in [5.41, 5.74) is 2.61. The van der Waals surface area contributed by atoms with Crippen molar-refractivity contribution in [3.05, 3.63) is 47.8 Å². The second-order valence-corrected chi connectivity index (χ2v) is 5.20. The molecule has 0 aliphatic heterocycles. The third-order valence-electron chi connectivity index (χ3n) is 3.47. The van der Waals surface area contributed by atoms with E-state index in [0.717, 1.165) is 16.8 Å². The highest BCUT2D eigenvalue weighted by atomic mass is 16.6. The van der Waals surface area contributed by atoms with Gasteiger partial charge in [-0.2, -0.15) is 5.10 Å². The highest BCUT2D eigenvalue weighted by molar-refractivity contribution is 5.85. The van der Waals surface area contributed by atoms with Crippen LogP contribution in [0.3, 0.4) is 0 Å². The number of aromatic nitrogens is 3. The molecule has 0 fully saturated rings. The Morgan fingerprint density at radius 2 is 2.04 bits per heavy atom. The molecular formula is C17H17N3O3. The number of para-hydroxylation sites is 1. The van der Waals surface area contributed by atoms with Crippen molar-refractivity contribution < 1.29 is 14.3 Å². The summed E-state index contributed by atoms with van der Waals surface area (Å²) in [6, 6.07) is 11.4. The summed E-state index contributed by atoms with van der Waals surface area (Å²) in [7, 11) is 1.33. The van der Waals surface area contributed by atoms with Crippen LogP contribution in [-0.4, -0.2) is 34.5 Å². The quantitative estimate of drug-likeness (QED) is 0.693. The zero-order valence-electron chi connectivity index (χ0n) is 13.2. The smallest absolute Gasteiger partial charge is 0.343 e. The van der Waals surface area contributed by atoms with Crippen LogP contribution >= 0.6 is 0 Å². The van der Waals surface area contributed by atoms with Crippen LogP contribution in [0.5, 0.6) is 5.75 Å². The number of pyridine rings is 1. The fourth-order valence-corrected chi connectivity index (χ4v) is 2.40. The average molecular weight is 311 g/mol. The zero-order chi connectivity index (χ0) is 16.4. The largest absolute Gasteiger partial charge is 0.480 e. The third kappa shape index (κ3) is 3.01. The predicted octanol–water partition coefficient (Wildman–Crippen LogP) is 2.59. The number of fused-ring (bicyclic) bond motifs is 1. The number of carbonyl (C=O) groups excluding carboxylic acids is 1. The number of carbonyl (C=O) groups is 1. The van der Waals surface area contributed by atoms with Crippen molar-refractivity contribution in [3.63, 3.8) is 0 Å². The van der Waals surface area contributed by atoms with Gasteiger partial charge in [0.1, 0.15) is 11.3 Å². The Hall–Kier alpha value is -2.89. The van der Waals surface area contributed by atoms with Gasteiger partial charge in [0, 0.05) is 11.1 Å². The van der Waals surface area contributed by atoms with Gasteiger partial charge in [-0.3, -0.25) is 0 Å². The molecule has 0 saturated carbocycles. The van der Waals surface area contributed by atoms with Crippen molar-refractivity contribution in [1.29, 1.82) is 0 Å². The fourth-order valence-electron chi connectivity index (χ4n) is 2.40. The normalized spacial score (nSPS) is 10.7. The second-order valence-electron chi connectivity index (χ2n) is 5.20. The molecule has 0 aliphatic carbocycles. The van der Waals surface area contributed by atoms with Gasteiger partial charge in [-0.05, 0) is 38.1 Å². The molecule has 0 radical (unpaired) electrons. The third-order valence-corrected chi connectivity index (χ3v) is 3.47. The summed E-state index contributed by atoms with van der Waals surface area (Å²) < 4.78 is 11.9. The Labute approximate surface area is 133 Å². The molecule has 0 N–H and O–H groups in total. The van der Waals surface area contributed by atoms with Crippen LogP contribution in [-0.2, 0) is 9.53 Å². The second kappa shape index (κ2) is 6.08. The maximum Gasteiger partial charge on any atom is 0.343 e. The Kier molecular flexibility index (Phi) is 3.97. The van der Waals surface area contributed by atoms with Gasteiger partial charge >= 0.3 is 5.97 Å². The SMILES string of the molecule is COC(=O)COc1cccc2ccc(-n3nc(C)cc3C)nc12. The first-order chi connectivity index (χ1) is 11.1. The van der Waals surface area contributed by atoms with E-state index in [1.54, 1.807) is 10.7 Å². The lowest BCUT2D eigenvalue weighted by atomic mass is 10.2. The van der Waals surface area contributed by atoms with E-state index in [1.165, 1.54) is 7.11 Å². The molecule has 2 aromatic heterocycles. The molecule has 0 atom stereocenters. The van der Waals surface area contributed by atoms with E-state index in [4.69, 9.17) is 4.74 Å². The van der Waals surface area contributed by atoms with Crippen molar-refractivity contribution in [2.75, 3.05) is 13.7 Å². The number of nitrogens with zero attached hydrogens (tertiary/aromatic N) is 3. The van der Waals surface area contributed by atoms with E-state index in [2.05, 4.69) is 14.8 Å². The highest BCUT2D eigenvalue weighted by Gasteiger charge is 2.10. The highest BCUT2D eigenvalue weighted by Crippen LogP contribution is 2.25. The molecule has 0 unspecified atom stereocenters. The fraction of sp³-hybridized carbons (Fsp3) is 0.235. The Balaban J connectivity index is 2.03. The number of aryl methyl sites for hydroxylation is 2. The number of rotatable bonds is 4. The molecule has 118 valence electrons. The molecule has 0 aliphatic rings. The standard InChI is InChI=1S/C17H17N3O3/c1-11-9-12(2)20(19-11)15-8-7-13-5-4-6-14(17(13)18-15)23-10-16(21)22-3/h4-9H,10H2,1-3H3. The maximum atomic E-state index is 11.3. The molecule has 3 aromatic rings. The molecule has 6 heteroatoms. The molecule has 2 heterocycles. The van der Waals surface area contributed by atoms with Gasteiger partial charge < -0.3 is 9.47 Å². The summed E-state index contributed by atoms with van der Waals surface area (Å²) in [5.74, 6) is 0.810. The molecule has 0 saturated heterocycles. The zero-order valence-corrected chi connectivity index (χ0v) is 13.2. The van der Waals surface area contributed by atoms with Crippen molar-refractivity contribution in [3.8, 4) is 11.6 Å². The lowest BCUT2D eigenvalue weighted by Crippen LogP contribution is -2.13. The summed E-state index contributed by atoms with van der Waals surface area (Å²) >= 11 is 0. The van der Waals surface area contributed by atoms with Crippen molar-refractivity contribution in [2.24, 2.45) is 0 Å². The Bertz CT molecular complexity index is 871. The van der Waals surface area contributed by atoms with E-state index in [9.17, 15) is 4.79 Å². The van der Waals surface area contributed by atoms with Gasteiger partial charge in [0.2, 0.25) is 0 Å². The van der Waals surface area contributed by atoms with Crippen molar-refractivity contribution in [2.45, 2.75) is 13.8 Å². The molecular weight excluding hydrogens is 294 g/mol. The van der Waals surface area contributed by atoms with Crippen LogP contribution in [0.1, 0.15) is 11.4 Å². The minimum absolute atomic E-state index is 0.151. The molecule has 3 rings (SSSR count). The molecule has 23 heavy (non-hydrogen) atoms. The summed E-state index contributed by atoms with van der Waals surface area (Å²) in [6.07, 6.45) is 0. The monoisotopic (exact) mass is 311 g/mol. The van der Waals surface area contributed by atoms with Gasteiger partial charge in [0.15, 0.2) is 12.4 Å². The lowest BCUT2D eigenvalue weighted by molar-refractivity contribution is -0.142. The number of ether oxygens (including phenoxy) is 2. The van der Waals surface area contributed by atoms with Crippen LogP contribution in [0.15, 0.2) is 36.4 Å². The van der Waals surface area contributed by atoms with Gasteiger partial charge in [-0.15, -0.1) is 0 Å². The van der Waals surface area contributed by atoms with Gasteiger partial charge in [0.25, 0.3) is 0 Å². The van der Waals surface area contributed by atoms with Gasteiger partial charge in [0.05, 0.1) is 12.8 Å². The number of hydrogen-bond donors (Lipinski definition) is 0. The summed E-state index contributed by atoms with van der Waals surface area (Å²) in [4.78, 5) is 15.9. The van der Waals surface area contributed by atoms with Crippen LogP contribution in [0.4, 0.5) is 0 Å². The summed E-state index contributed by atoms with van der Waals surface area (Å²) in [6.45, 7) is 3.77. The first-order valence-electron chi connectivity index (χ1n) is 7.21. The lowest BCUT2D eigenvalue weighted by Gasteiger charge is -2.10. The van der Waals surface area contributed by atoms with E-state index in [0.29, 0.717) is 17.1 Å². The Morgan fingerprint density at radius 1 is 1.22 bits per heavy atom. The van der Waals surface area contributed by atoms with Gasteiger partial charge in [-0.1, -0.05) is 12.1 Å². The molecule has 0 bridgehead atoms. The maximum absolute atomic E-state index is 11.3. The van der Waals surface area contributed by atoms with Crippen LogP contribution in [0.25, 0.3) is 16.7 Å². The van der Waals surface area contributed by atoms with Crippen molar-refractivity contribution >= 4 is 16.9 Å². The number of methoxy groups -OCH3 is 1. The topological polar surface area (TPSA) is 66.2 Å². The minimum Gasteiger partial charge on any atom is -0.480 e. The Morgan fingerprint density at radius 3 is 2.74 bits per heavy atom. The van der Waals surface area contributed by atoms with Crippen molar-refractivity contribution in [1.82, 2.24) is 14.8 Å². The van der Waals surface area contributed by atoms with Crippen LogP contribution in [0, 0.1) is 13.8 Å². The first kappa shape index (κ1) is 15.0. The minimum atomic E-state index is -0.434. The van der Waals surface area contributed by atoms with Crippen LogP contribution in [0.2, 0.25) is 0 Å². The summed E-state index contributed by atoms with van der Waals surface area (Å²) in [5, 5.41) is 5.37. The molecule has 6 nitrogen and oxygen atoms in total. The predicted molar refractivity (Wildman–Crippen MR) is 85.9 cm³/mol. The van der Waals surface area contributed by atoms with Gasteiger partial charge in [-0.25, -0.2) is 14.5 Å². The van der Waals surface area contributed by atoms with E-state index in [1.807, 2.05) is 44.2 Å². The first-order valence-corrected chi connectivity index (χ1v) is 7.21. The number of hydrogen-bond acceptors (Lipinski definition) is 5. The van der Waals surface area contributed by atoms with E-state index >= 15 is 0 Å². The van der Waals surface area contributed by atoms with E-state index < -0.39 is 5.97 Å². The molecule has 0 spiro atoms. The molecule has 0 amide bonds. The molecule has 1 aromatic carbocycles. The average Bonchev–Trinajstić information content (AvgIpc) is 2.90.